The second-order valence-corrected chi connectivity index (χ2v) is 5.00. The summed E-state index contributed by atoms with van der Waals surface area (Å²) < 4.78 is 5.04. The lowest BCUT2D eigenvalue weighted by molar-refractivity contribution is -0.138. The van der Waals surface area contributed by atoms with E-state index in [1.807, 2.05) is 18.2 Å². The molecule has 0 amide bonds. The summed E-state index contributed by atoms with van der Waals surface area (Å²) in [4.78, 5) is 28.2. The van der Waals surface area contributed by atoms with Crippen molar-refractivity contribution in [1.82, 2.24) is 0 Å². The molecule has 2 aromatic rings. The van der Waals surface area contributed by atoms with E-state index in [2.05, 4.69) is 21.1 Å². The second kappa shape index (κ2) is 8.85. The summed E-state index contributed by atoms with van der Waals surface area (Å²) in [7, 11) is 0. The number of rotatable bonds is 6. The Morgan fingerprint density at radius 2 is 1.48 bits per heavy atom. The molecule has 0 saturated carbocycles. The molecule has 0 N–H and O–H groups in total. The standard InChI is InChI=1S/C17H14BrNO4/c18-11-16(20)22-12-15(13-7-3-1-4-8-13)19-23-17(21)14-9-5-2-6-10-14/h1-10H,11-12H2/b19-15+. The topological polar surface area (TPSA) is 65.0 Å². The zero-order valence-electron chi connectivity index (χ0n) is 12.1. The molecule has 0 heterocycles. The fourth-order valence-corrected chi connectivity index (χ4v) is 1.87. The SMILES string of the molecule is O=C(CBr)OC/C(=N\OC(=O)c1ccccc1)c1ccccc1. The molecule has 2 rings (SSSR count). The first-order valence-corrected chi connectivity index (χ1v) is 7.93. The Bertz CT molecular complexity index is 686. The number of hydrogen-bond acceptors (Lipinski definition) is 5. The Kier molecular flexibility index (Phi) is 6.50. The van der Waals surface area contributed by atoms with Gasteiger partial charge in [0.15, 0.2) is 0 Å². The predicted octanol–water partition coefficient (Wildman–Crippen LogP) is 3.19. The number of ether oxygens (including phenoxy) is 1. The number of hydrogen-bond donors (Lipinski definition) is 0. The molecule has 6 heteroatoms. The van der Waals surface area contributed by atoms with Crippen LogP contribution in [0.4, 0.5) is 0 Å². The van der Waals surface area contributed by atoms with Gasteiger partial charge >= 0.3 is 11.9 Å². The molecule has 23 heavy (non-hydrogen) atoms. The molecule has 2 aromatic carbocycles. The highest BCUT2D eigenvalue weighted by Gasteiger charge is 2.11. The maximum atomic E-state index is 11.9. The van der Waals surface area contributed by atoms with E-state index in [-0.39, 0.29) is 11.9 Å². The molecule has 0 atom stereocenters. The summed E-state index contributed by atoms with van der Waals surface area (Å²) in [6.45, 7) is -0.0868. The zero-order valence-corrected chi connectivity index (χ0v) is 13.7. The molecule has 0 radical (unpaired) electrons. The van der Waals surface area contributed by atoms with Gasteiger partial charge in [0, 0.05) is 5.56 Å². The van der Waals surface area contributed by atoms with Crippen molar-refractivity contribution in [2.75, 3.05) is 11.9 Å². The van der Waals surface area contributed by atoms with Crippen LogP contribution in [0.2, 0.25) is 0 Å². The van der Waals surface area contributed by atoms with E-state index in [0.717, 1.165) is 0 Å². The van der Waals surface area contributed by atoms with Crippen LogP contribution >= 0.6 is 15.9 Å². The van der Waals surface area contributed by atoms with E-state index in [4.69, 9.17) is 9.57 Å². The summed E-state index contributed by atoms with van der Waals surface area (Å²) >= 11 is 3.01. The summed E-state index contributed by atoms with van der Waals surface area (Å²) in [5.74, 6) is -1.01. The van der Waals surface area contributed by atoms with Gasteiger partial charge in [-0.3, -0.25) is 4.79 Å². The Morgan fingerprint density at radius 3 is 2.04 bits per heavy atom. The first-order chi connectivity index (χ1) is 11.2. The van der Waals surface area contributed by atoms with Crippen LogP contribution in [0, 0.1) is 0 Å². The molecular weight excluding hydrogens is 362 g/mol. The maximum Gasteiger partial charge on any atom is 0.365 e. The van der Waals surface area contributed by atoms with E-state index < -0.39 is 11.9 Å². The number of benzene rings is 2. The van der Waals surface area contributed by atoms with E-state index in [1.165, 1.54) is 0 Å². The zero-order chi connectivity index (χ0) is 16.5. The van der Waals surface area contributed by atoms with Crippen molar-refractivity contribution in [1.29, 1.82) is 0 Å². The van der Waals surface area contributed by atoms with E-state index >= 15 is 0 Å². The molecule has 0 aromatic heterocycles. The van der Waals surface area contributed by atoms with Crippen molar-refractivity contribution < 1.29 is 19.2 Å². The van der Waals surface area contributed by atoms with E-state index in [0.29, 0.717) is 16.8 Å². The number of nitrogens with zero attached hydrogens (tertiary/aromatic N) is 1. The molecule has 0 aliphatic carbocycles. The fourth-order valence-electron chi connectivity index (χ4n) is 1.70. The van der Waals surface area contributed by atoms with Gasteiger partial charge in [0.2, 0.25) is 0 Å². The third-order valence-electron chi connectivity index (χ3n) is 2.83. The summed E-state index contributed by atoms with van der Waals surface area (Å²) in [5.41, 5.74) is 1.45. The Balaban J connectivity index is 2.13. The maximum absolute atomic E-state index is 11.9. The van der Waals surface area contributed by atoms with Crippen molar-refractivity contribution in [2.45, 2.75) is 0 Å². The monoisotopic (exact) mass is 375 g/mol. The Hall–Kier alpha value is -2.47. The summed E-state index contributed by atoms with van der Waals surface area (Å²) in [5, 5.41) is 3.93. The van der Waals surface area contributed by atoms with Gasteiger partial charge in [-0.1, -0.05) is 69.6 Å². The van der Waals surface area contributed by atoms with Crippen molar-refractivity contribution in [3.05, 3.63) is 71.8 Å². The van der Waals surface area contributed by atoms with Crippen LogP contribution < -0.4 is 0 Å². The van der Waals surface area contributed by atoms with Crippen molar-refractivity contribution in [3.63, 3.8) is 0 Å². The third-order valence-corrected chi connectivity index (χ3v) is 3.29. The normalized spacial score (nSPS) is 10.9. The van der Waals surface area contributed by atoms with Crippen LogP contribution in [0.1, 0.15) is 15.9 Å². The van der Waals surface area contributed by atoms with Gasteiger partial charge in [0.25, 0.3) is 0 Å². The average Bonchev–Trinajstić information content (AvgIpc) is 2.62. The van der Waals surface area contributed by atoms with Crippen LogP contribution in [-0.4, -0.2) is 29.6 Å². The molecule has 0 unspecified atom stereocenters. The van der Waals surface area contributed by atoms with Gasteiger partial charge in [-0.05, 0) is 12.1 Å². The Morgan fingerprint density at radius 1 is 0.913 bits per heavy atom. The fraction of sp³-hybridized carbons (Fsp3) is 0.118. The molecule has 0 fully saturated rings. The molecule has 0 spiro atoms. The van der Waals surface area contributed by atoms with Gasteiger partial charge in [0.1, 0.15) is 17.6 Å². The van der Waals surface area contributed by atoms with Crippen LogP contribution in [0.25, 0.3) is 0 Å². The highest BCUT2D eigenvalue weighted by Crippen LogP contribution is 2.06. The average molecular weight is 376 g/mol. The van der Waals surface area contributed by atoms with Crippen molar-refractivity contribution >= 4 is 33.6 Å². The van der Waals surface area contributed by atoms with Gasteiger partial charge in [-0.2, -0.15) is 0 Å². The summed E-state index contributed by atoms with van der Waals surface area (Å²) in [6.07, 6.45) is 0. The first kappa shape index (κ1) is 16.9. The minimum Gasteiger partial charge on any atom is -0.458 e. The third kappa shape index (κ3) is 5.34. The molecule has 5 nitrogen and oxygen atoms in total. The number of alkyl halides is 1. The van der Waals surface area contributed by atoms with Crippen LogP contribution in [0.3, 0.4) is 0 Å². The molecular formula is C17H14BrNO4. The van der Waals surface area contributed by atoms with Gasteiger partial charge in [-0.25, -0.2) is 4.79 Å². The Labute approximate surface area is 142 Å². The molecule has 0 saturated heterocycles. The molecule has 118 valence electrons. The van der Waals surface area contributed by atoms with Crippen molar-refractivity contribution in [2.24, 2.45) is 5.16 Å². The molecule has 0 bridgehead atoms. The van der Waals surface area contributed by atoms with Crippen LogP contribution in [-0.2, 0) is 14.4 Å². The number of halogens is 1. The smallest absolute Gasteiger partial charge is 0.365 e. The largest absolute Gasteiger partial charge is 0.458 e. The highest BCUT2D eigenvalue weighted by atomic mass is 79.9. The summed E-state index contributed by atoms with van der Waals surface area (Å²) in [6, 6.07) is 17.6. The predicted molar refractivity (Wildman–Crippen MR) is 89.6 cm³/mol. The number of esters is 1. The van der Waals surface area contributed by atoms with Gasteiger partial charge < -0.3 is 9.57 Å². The second-order valence-electron chi connectivity index (χ2n) is 4.44. The lowest BCUT2D eigenvalue weighted by Crippen LogP contribution is -2.17. The minimum absolute atomic E-state index is 0.0822. The van der Waals surface area contributed by atoms with E-state index in [9.17, 15) is 9.59 Å². The van der Waals surface area contributed by atoms with Crippen LogP contribution in [0.15, 0.2) is 65.8 Å². The van der Waals surface area contributed by atoms with Crippen LogP contribution in [0.5, 0.6) is 0 Å². The number of carbonyl (C=O) groups excluding carboxylic acids is 2. The number of oxime groups is 1. The lowest BCUT2D eigenvalue weighted by atomic mass is 10.1. The molecule has 0 aliphatic rings. The first-order valence-electron chi connectivity index (χ1n) is 6.81. The minimum atomic E-state index is -0.578. The van der Waals surface area contributed by atoms with Gasteiger partial charge in [0.05, 0.1) is 5.56 Å². The quantitative estimate of drug-likeness (QED) is 0.255. The van der Waals surface area contributed by atoms with Gasteiger partial charge in [-0.15, -0.1) is 0 Å². The highest BCUT2D eigenvalue weighted by molar-refractivity contribution is 9.09. The van der Waals surface area contributed by atoms with E-state index in [1.54, 1.807) is 42.5 Å². The lowest BCUT2D eigenvalue weighted by Gasteiger charge is -2.07. The molecule has 0 aliphatic heterocycles. The number of carbonyl (C=O) groups is 2. The van der Waals surface area contributed by atoms with Crippen molar-refractivity contribution in [3.8, 4) is 0 Å².